The van der Waals surface area contributed by atoms with Crippen LogP contribution in [-0.2, 0) is 32.5 Å². The second kappa shape index (κ2) is 15.2. The molecule has 1 amide bonds. The lowest BCUT2D eigenvalue weighted by Gasteiger charge is -2.31. The van der Waals surface area contributed by atoms with Gasteiger partial charge in [-0.2, -0.15) is 4.89 Å². The van der Waals surface area contributed by atoms with Gasteiger partial charge in [0, 0.05) is 39.0 Å². The van der Waals surface area contributed by atoms with Crippen molar-refractivity contribution in [1.29, 1.82) is 0 Å². The highest BCUT2D eigenvalue weighted by Crippen LogP contribution is 2.19. The molecule has 0 aliphatic rings. The smallest absolute Gasteiger partial charge is 0.374 e. The van der Waals surface area contributed by atoms with Crippen LogP contribution in [0.4, 0.5) is 4.79 Å². The van der Waals surface area contributed by atoms with Gasteiger partial charge >= 0.3 is 14.9 Å². The minimum Gasteiger partial charge on any atom is -0.374 e. The highest BCUT2D eigenvalue weighted by molar-refractivity contribution is 6.60. The molecule has 162 valence electrons. The largest absolute Gasteiger partial charge is 0.500 e. The molecule has 0 fully saturated rings. The summed E-state index contributed by atoms with van der Waals surface area (Å²) in [7, 11) is -1.49. The summed E-state index contributed by atoms with van der Waals surface area (Å²) >= 11 is 0. The topological polar surface area (TPSA) is 84.9 Å². The Bertz CT molecular complexity index is 371. The summed E-state index contributed by atoms with van der Waals surface area (Å²) < 4.78 is 28.6. The Balaban J connectivity index is 4.96. The van der Waals surface area contributed by atoms with Gasteiger partial charge in [0.2, 0.25) is 0 Å². The van der Waals surface area contributed by atoms with Crippen LogP contribution in [0, 0.1) is 0 Å². The molecular formula is C17H37NO8Si. The second-order valence-corrected chi connectivity index (χ2v) is 8.29. The Morgan fingerprint density at radius 3 is 1.96 bits per heavy atom. The van der Waals surface area contributed by atoms with Gasteiger partial charge in [-0.3, -0.25) is 9.79 Å². The summed E-state index contributed by atoms with van der Waals surface area (Å²) in [6.07, 6.45) is -1.05. The van der Waals surface area contributed by atoms with Crippen molar-refractivity contribution in [2.75, 3.05) is 40.1 Å². The molecule has 27 heavy (non-hydrogen) atoms. The van der Waals surface area contributed by atoms with Gasteiger partial charge in [-0.1, -0.05) is 0 Å². The molecule has 0 aromatic heterocycles. The van der Waals surface area contributed by atoms with E-state index in [1.165, 1.54) is 12.0 Å². The molecule has 2 atom stereocenters. The van der Waals surface area contributed by atoms with Gasteiger partial charge in [-0.25, -0.2) is 4.79 Å². The van der Waals surface area contributed by atoms with E-state index in [1.54, 1.807) is 13.8 Å². The SMILES string of the molecule is CCOC(C)OC(C)N(CCC[Si](OCC)(OCC)OCC)C(=O)OOC. The van der Waals surface area contributed by atoms with Crippen LogP contribution in [-0.4, -0.2) is 72.4 Å². The van der Waals surface area contributed by atoms with Crippen LogP contribution in [0.2, 0.25) is 6.04 Å². The van der Waals surface area contributed by atoms with Crippen molar-refractivity contribution < 1.29 is 37.3 Å². The van der Waals surface area contributed by atoms with Crippen molar-refractivity contribution in [3.63, 3.8) is 0 Å². The van der Waals surface area contributed by atoms with E-state index < -0.39 is 27.4 Å². The Morgan fingerprint density at radius 2 is 1.52 bits per heavy atom. The van der Waals surface area contributed by atoms with Gasteiger partial charge in [0.05, 0.1) is 7.11 Å². The zero-order valence-electron chi connectivity index (χ0n) is 17.8. The van der Waals surface area contributed by atoms with Crippen LogP contribution < -0.4 is 0 Å². The molecule has 0 aromatic rings. The number of amides is 1. The predicted octanol–water partition coefficient (Wildman–Crippen LogP) is 3.17. The quantitative estimate of drug-likeness (QED) is 0.166. The number of hydrogen-bond acceptors (Lipinski definition) is 8. The average Bonchev–Trinajstić information content (AvgIpc) is 2.59. The van der Waals surface area contributed by atoms with Crippen molar-refractivity contribution in [3.8, 4) is 0 Å². The fourth-order valence-electron chi connectivity index (χ4n) is 2.63. The fourth-order valence-corrected chi connectivity index (χ4v) is 5.23. The molecule has 10 heteroatoms. The lowest BCUT2D eigenvalue weighted by atomic mass is 10.4. The van der Waals surface area contributed by atoms with E-state index in [0.29, 0.717) is 45.4 Å². The summed E-state index contributed by atoms with van der Waals surface area (Å²) in [5, 5.41) is 0. The first kappa shape index (κ1) is 26.2. The van der Waals surface area contributed by atoms with E-state index in [2.05, 4.69) is 9.78 Å². The van der Waals surface area contributed by atoms with Crippen LogP contribution in [0.15, 0.2) is 0 Å². The Labute approximate surface area is 164 Å². The molecular weight excluding hydrogens is 374 g/mol. The molecule has 0 radical (unpaired) electrons. The second-order valence-electron chi connectivity index (χ2n) is 5.55. The summed E-state index contributed by atoms with van der Waals surface area (Å²) in [5.74, 6) is 0. The number of nitrogens with zero attached hydrogens (tertiary/aromatic N) is 1. The van der Waals surface area contributed by atoms with E-state index in [0.717, 1.165) is 0 Å². The van der Waals surface area contributed by atoms with Crippen LogP contribution in [0.25, 0.3) is 0 Å². The van der Waals surface area contributed by atoms with Crippen LogP contribution in [0.1, 0.15) is 48.0 Å². The first-order valence-electron chi connectivity index (χ1n) is 9.59. The van der Waals surface area contributed by atoms with Crippen LogP contribution in [0.3, 0.4) is 0 Å². The third kappa shape index (κ3) is 10.4. The molecule has 0 spiro atoms. The van der Waals surface area contributed by atoms with Crippen LogP contribution in [0.5, 0.6) is 0 Å². The third-order valence-corrected chi connectivity index (χ3v) is 6.74. The number of carbonyl (C=O) groups excluding carboxylic acids is 1. The van der Waals surface area contributed by atoms with Crippen molar-refractivity contribution in [1.82, 2.24) is 4.90 Å². The molecule has 0 rings (SSSR count). The maximum Gasteiger partial charge on any atom is 0.500 e. The fraction of sp³-hybridized carbons (Fsp3) is 0.941. The van der Waals surface area contributed by atoms with Gasteiger partial charge in [0.15, 0.2) is 6.29 Å². The first-order chi connectivity index (χ1) is 12.9. The lowest BCUT2D eigenvalue weighted by Crippen LogP contribution is -2.47. The minimum absolute atomic E-state index is 0.365. The van der Waals surface area contributed by atoms with Gasteiger partial charge in [0.1, 0.15) is 6.23 Å². The number of ether oxygens (including phenoxy) is 2. The van der Waals surface area contributed by atoms with E-state index >= 15 is 0 Å². The molecule has 0 saturated carbocycles. The zero-order valence-corrected chi connectivity index (χ0v) is 18.8. The van der Waals surface area contributed by atoms with Gasteiger partial charge in [-0.15, -0.1) is 0 Å². The highest BCUT2D eigenvalue weighted by Gasteiger charge is 2.40. The van der Waals surface area contributed by atoms with Crippen molar-refractivity contribution in [2.45, 2.75) is 66.5 Å². The molecule has 0 aliphatic heterocycles. The molecule has 0 bridgehead atoms. The van der Waals surface area contributed by atoms with Crippen LogP contribution >= 0.6 is 0 Å². The van der Waals surface area contributed by atoms with E-state index in [1.807, 2.05) is 27.7 Å². The molecule has 0 saturated heterocycles. The maximum atomic E-state index is 12.2. The summed E-state index contributed by atoms with van der Waals surface area (Å²) in [6, 6.07) is 0.576. The van der Waals surface area contributed by atoms with Crippen molar-refractivity contribution >= 4 is 14.9 Å². The predicted molar refractivity (Wildman–Crippen MR) is 102 cm³/mol. The van der Waals surface area contributed by atoms with Crippen molar-refractivity contribution in [2.24, 2.45) is 0 Å². The van der Waals surface area contributed by atoms with Gasteiger partial charge in [0.25, 0.3) is 0 Å². The third-order valence-electron chi connectivity index (χ3n) is 3.59. The summed E-state index contributed by atoms with van der Waals surface area (Å²) in [5.41, 5.74) is 0. The normalized spacial score (nSPS) is 14.0. The number of carbonyl (C=O) groups is 1. The molecule has 2 unspecified atom stereocenters. The Hall–Kier alpha value is -0.753. The standard InChI is InChI=1S/C17H37NO8Si/c1-8-21-16(6)25-15(5)18(17(19)26-20-7)13-12-14-27(22-9-2,23-10-3)24-11-4/h15-16H,8-14H2,1-7H3. The number of rotatable bonds is 16. The summed E-state index contributed by atoms with van der Waals surface area (Å²) in [6.45, 7) is 13.5. The Morgan fingerprint density at radius 1 is 0.963 bits per heavy atom. The molecule has 0 N–H and O–H groups in total. The average molecular weight is 412 g/mol. The number of hydrogen-bond donors (Lipinski definition) is 0. The molecule has 0 aliphatic carbocycles. The first-order valence-corrected chi connectivity index (χ1v) is 11.5. The minimum atomic E-state index is -2.77. The van der Waals surface area contributed by atoms with Crippen molar-refractivity contribution in [3.05, 3.63) is 0 Å². The molecule has 0 heterocycles. The maximum absolute atomic E-state index is 12.2. The molecule has 0 aromatic carbocycles. The monoisotopic (exact) mass is 411 g/mol. The van der Waals surface area contributed by atoms with Gasteiger partial charge in [-0.05, 0) is 48.0 Å². The lowest BCUT2D eigenvalue weighted by molar-refractivity contribution is -0.238. The Kier molecular flexibility index (Phi) is 14.8. The molecule has 9 nitrogen and oxygen atoms in total. The van der Waals surface area contributed by atoms with E-state index in [-0.39, 0.29) is 0 Å². The van der Waals surface area contributed by atoms with Gasteiger partial charge < -0.3 is 22.8 Å². The highest BCUT2D eigenvalue weighted by atomic mass is 28.4. The summed E-state index contributed by atoms with van der Waals surface area (Å²) in [4.78, 5) is 22.8. The zero-order chi connectivity index (χ0) is 20.7. The van der Waals surface area contributed by atoms with E-state index in [4.69, 9.17) is 22.8 Å². The van der Waals surface area contributed by atoms with E-state index in [9.17, 15) is 4.79 Å².